The maximum atomic E-state index is 7.71. The summed E-state index contributed by atoms with van der Waals surface area (Å²) in [6, 6.07) is 84.6. The van der Waals surface area contributed by atoms with E-state index in [1.807, 2.05) is 0 Å². The van der Waals surface area contributed by atoms with E-state index in [-0.39, 0.29) is 21.7 Å². The van der Waals surface area contributed by atoms with Crippen LogP contribution in [0.2, 0.25) is 0 Å². The number of hydrogen-bond acceptors (Lipinski definition) is 6. The van der Waals surface area contributed by atoms with E-state index in [0.29, 0.717) is 0 Å². The van der Waals surface area contributed by atoms with Crippen LogP contribution in [0.3, 0.4) is 0 Å². The van der Waals surface area contributed by atoms with Gasteiger partial charge in [0.05, 0.1) is 56.0 Å². The highest BCUT2D eigenvalue weighted by atomic mass is 16.3. The molecule has 0 unspecified atom stereocenters. The van der Waals surface area contributed by atoms with Crippen LogP contribution in [0, 0.1) is 0 Å². The van der Waals surface area contributed by atoms with Crippen molar-refractivity contribution in [2.24, 2.45) is 0 Å². The highest BCUT2D eigenvalue weighted by Crippen LogP contribution is 2.70. The zero-order chi connectivity index (χ0) is 62.1. The normalized spacial score (nSPS) is 14.1. The largest absolute Gasteiger partial charge is 0.455 e. The van der Waals surface area contributed by atoms with Crippen molar-refractivity contribution in [1.82, 2.24) is 0 Å². The Kier molecular flexibility index (Phi) is 11.9. The third-order valence-corrected chi connectivity index (χ3v) is 19.8. The smallest absolute Gasteiger partial charge is 0.145 e. The average Bonchev–Trinajstić information content (AvgIpc) is 1.43. The SMILES string of the molecule is CN1c2ccccc2N2c3ccccc3C3(c4cccc1c42)c1cc(N(c2ccc(C(C)(C)C)cc2)c2ccc(C(C)(C)C)cc2)c2c(oc4ccccc42)c1-c1c3cc(N(c2ccc(C(C)(C)C)cc2)c2ccc(C(C)(C)C)cc2)c2c1oc1ccccc12. The van der Waals surface area contributed by atoms with Crippen LogP contribution >= 0.6 is 0 Å². The summed E-state index contributed by atoms with van der Waals surface area (Å²) in [6.45, 7) is 27.5. The molecule has 0 N–H and O–H groups in total. The third kappa shape index (κ3) is 8.08. The summed E-state index contributed by atoms with van der Waals surface area (Å²) >= 11 is 0. The fraction of sp³-hybridized carbons (Fsp3) is 0.214. The Hall–Kier alpha value is -9.78. The van der Waals surface area contributed by atoms with Crippen LogP contribution in [0.5, 0.6) is 0 Å². The van der Waals surface area contributed by atoms with E-state index >= 15 is 0 Å². The number of furan rings is 2. The summed E-state index contributed by atoms with van der Waals surface area (Å²) in [4.78, 5) is 9.93. The number of benzene rings is 11. The Bertz CT molecular complexity index is 4700. The molecule has 0 amide bonds. The first kappa shape index (κ1) is 55.5. The number of para-hydroxylation sites is 6. The van der Waals surface area contributed by atoms with Gasteiger partial charge in [-0.2, -0.15) is 0 Å². The molecule has 4 heterocycles. The van der Waals surface area contributed by atoms with Crippen molar-refractivity contribution >= 4 is 106 Å². The molecule has 0 radical (unpaired) electrons. The Labute approximate surface area is 529 Å². The molecule has 90 heavy (non-hydrogen) atoms. The van der Waals surface area contributed by atoms with Crippen molar-refractivity contribution in [3.05, 3.63) is 269 Å². The van der Waals surface area contributed by atoms with Gasteiger partial charge in [-0.3, -0.25) is 0 Å². The van der Waals surface area contributed by atoms with Gasteiger partial charge in [0.1, 0.15) is 22.3 Å². The second kappa shape index (κ2) is 19.4. The monoisotopic (exact) mass is 1170 g/mol. The van der Waals surface area contributed by atoms with E-state index in [1.54, 1.807) is 0 Å². The molecule has 13 aromatic rings. The van der Waals surface area contributed by atoms with Gasteiger partial charge in [-0.05, 0) is 163 Å². The first-order valence-corrected chi connectivity index (χ1v) is 32.0. The highest BCUT2D eigenvalue weighted by Gasteiger charge is 2.56. The van der Waals surface area contributed by atoms with Gasteiger partial charge in [0.15, 0.2) is 0 Å². The Morgan fingerprint density at radius 2 is 0.678 bits per heavy atom. The molecule has 444 valence electrons. The average molecular weight is 1170 g/mol. The first-order chi connectivity index (χ1) is 43.1. The van der Waals surface area contributed by atoms with Crippen molar-refractivity contribution in [3.63, 3.8) is 0 Å². The van der Waals surface area contributed by atoms with Gasteiger partial charge >= 0.3 is 0 Å². The molecule has 3 aliphatic rings. The number of fused-ring (bicyclic) bond motifs is 19. The molecule has 1 aliphatic carbocycles. The minimum atomic E-state index is -0.990. The molecule has 6 nitrogen and oxygen atoms in total. The highest BCUT2D eigenvalue weighted by molar-refractivity contribution is 6.25. The summed E-state index contributed by atoms with van der Waals surface area (Å²) in [6.07, 6.45) is 0. The van der Waals surface area contributed by atoms with E-state index in [9.17, 15) is 0 Å². The van der Waals surface area contributed by atoms with Crippen LogP contribution in [0.4, 0.5) is 62.6 Å². The maximum absolute atomic E-state index is 7.71. The number of rotatable bonds is 6. The minimum Gasteiger partial charge on any atom is -0.455 e. The number of hydrogen-bond donors (Lipinski definition) is 0. The second-order valence-electron chi connectivity index (χ2n) is 29.4. The topological polar surface area (TPSA) is 39.2 Å². The van der Waals surface area contributed by atoms with Gasteiger partial charge in [-0.1, -0.05) is 210 Å². The lowest BCUT2D eigenvalue weighted by Crippen LogP contribution is -2.38. The molecule has 0 bridgehead atoms. The van der Waals surface area contributed by atoms with Gasteiger partial charge in [0.2, 0.25) is 0 Å². The molecule has 0 saturated carbocycles. The maximum Gasteiger partial charge on any atom is 0.145 e. The number of anilines is 11. The molecular formula is C84H76N4O2. The van der Waals surface area contributed by atoms with Crippen molar-refractivity contribution in [2.75, 3.05) is 26.6 Å². The van der Waals surface area contributed by atoms with Crippen LogP contribution in [0.25, 0.3) is 55.0 Å². The fourth-order valence-corrected chi connectivity index (χ4v) is 15.1. The van der Waals surface area contributed by atoms with Crippen molar-refractivity contribution in [1.29, 1.82) is 0 Å². The molecule has 0 atom stereocenters. The molecule has 2 aliphatic heterocycles. The summed E-state index contributed by atoms with van der Waals surface area (Å²) in [5.41, 5.74) is 25.8. The molecule has 16 rings (SSSR count). The fourth-order valence-electron chi connectivity index (χ4n) is 15.1. The summed E-state index contributed by atoms with van der Waals surface area (Å²) in [7, 11) is 2.23. The van der Waals surface area contributed by atoms with Crippen molar-refractivity contribution < 1.29 is 8.83 Å². The zero-order valence-electron chi connectivity index (χ0n) is 54.0. The van der Waals surface area contributed by atoms with Gasteiger partial charge in [-0.15, -0.1) is 0 Å². The standard InChI is InChI=1S/C84H76N4O2/c1-80(2,3)51-33-41-55(42-34-51)86(56-43-35-52(36-44-56)81(4,5)6)69-49-63-75(78-73(69)59-23-14-20-31-71(59)89-78)76-64(84(63)61-25-16-17-27-65(61)88-67-29-19-18-28-66(67)85(13)68-30-22-26-62(84)77(68)88)50-70(74-60-24-15-21-32-72(60)90-79(74)76)87(57-45-37-53(38-46-57)82(7,8)9)58-47-39-54(40-48-58)83(10,11)12/h14-50H,1-13H3. The van der Waals surface area contributed by atoms with Crippen LogP contribution in [-0.4, -0.2) is 7.05 Å². The molecule has 0 saturated heterocycles. The molecular weight excluding hydrogens is 1100 g/mol. The Balaban J connectivity index is 1.11. The summed E-state index contributed by atoms with van der Waals surface area (Å²) in [5, 5.41) is 4.16. The van der Waals surface area contributed by atoms with E-state index in [2.05, 4.69) is 334 Å². The van der Waals surface area contributed by atoms with Crippen molar-refractivity contribution in [3.8, 4) is 11.1 Å². The van der Waals surface area contributed by atoms with E-state index in [0.717, 1.165) is 129 Å². The van der Waals surface area contributed by atoms with Crippen molar-refractivity contribution in [2.45, 2.75) is 110 Å². The van der Waals surface area contributed by atoms with Gasteiger partial charge in [0, 0.05) is 51.7 Å². The lowest BCUT2D eigenvalue weighted by molar-refractivity contribution is 0.590. The quantitative estimate of drug-likeness (QED) is 0.165. The predicted octanol–water partition coefficient (Wildman–Crippen LogP) is 23.8. The molecule has 1 spiro atoms. The molecule has 6 heteroatoms. The third-order valence-electron chi connectivity index (χ3n) is 19.8. The van der Waals surface area contributed by atoms with E-state index in [1.165, 1.54) is 33.4 Å². The molecule has 11 aromatic carbocycles. The lowest BCUT2D eigenvalue weighted by atomic mass is 9.64. The Morgan fingerprint density at radius 3 is 1.09 bits per heavy atom. The summed E-state index contributed by atoms with van der Waals surface area (Å²) < 4.78 is 15.4. The van der Waals surface area contributed by atoms with Gasteiger partial charge in [-0.25, -0.2) is 0 Å². The van der Waals surface area contributed by atoms with Gasteiger partial charge in [0.25, 0.3) is 0 Å². The predicted molar refractivity (Wildman–Crippen MR) is 379 cm³/mol. The zero-order valence-corrected chi connectivity index (χ0v) is 54.0. The Morgan fingerprint density at radius 1 is 0.333 bits per heavy atom. The van der Waals surface area contributed by atoms with E-state index in [4.69, 9.17) is 8.83 Å². The van der Waals surface area contributed by atoms with Crippen LogP contribution in [0.15, 0.2) is 233 Å². The summed E-state index contributed by atoms with van der Waals surface area (Å²) in [5.74, 6) is 0. The van der Waals surface area contributed by atoms with Crippen LogP contribution in [-0.2, 0) is 27.1 Å². The van der Waals surface area contributed by atoms with Gasteiger partial charge < -0.3 is 28.4 Å². The van der Waals surface area contributed by atoms with Crippen LogP contribution in [0.1, 0.15) is 128 Å². The number of nitrogens with zero attached hydrogens (tertiary/aromatic N) is 4. The van der Waals surface area contributed by atoms with Crippen LogP contribution < -0.4 is 19.6 Å². The van der Waals surface area contributed by atoms with E-state index < -0.39 is 5.41 Å². The lowest BCUT2D eigenvalue weighted by Gasteiger charge is -2.49. The first-order valence-electron chi connectivity index (χ1n) is 32.0. The minimum absolute atomic E-state index is 0.0503. The second-order valence-corrected chi connectivity index (χ2v) is 29.4. The molecule has 2 aromatic heterocycles. The molecule has 0 fully saturated rings.